The number of rotatable bonds is 3. The van der Waals surface area contributed by atoms with Crippen molar-refractivity contribution in [1.82, 2.24) is 19.9 Å². The summed E-state index contributed by atoms with van der Waals surface area (Å²) in [7, 11) is -1.95. The SMILES string of the molecule is C[SH]1(=O)C[C@@H]2C[C@H]1CN2Cc1cnc2oc3c(N4CCOCC4)nc(Cl)nc3c2c1. The van der Waals surface area contributed by atoms with Crippen LogP contribution in [0.3, 0.4) is 0 Å². The van der Waals surface area contributed by atoms with Crippen molar-refractivity contribution in [3.63, 3.8) is 0 Å². The van der Waals surface area contributed by atoms with Gasteiger partial charge in [-0.05, 0) is 35.9 Å². The Morgan fingerprint density at radius 2 is 2.13 bits per heavy atom. The Kier molecular flexibility index (Phi) is 4.32. The molecule has 3 aromatic heterocycles. The standard InChI is InChI=1S/C20H24ClN5O3S/c1-30(27)11-13-7-14(30)10-26(13)9-12-6-15-16-17(29-19(15)22-8-12)18(24-20(21)23-16)25-2-4-28-5-3-25/h6,8,13-14,30H,2-5,7,9-11H2,1H3/t13-,14-/m0/s1. The first-order valence-electron chi connectivity index (χ1n) is 10.4. The van der Waals surface area contributed by atoms with Gasteiger partial charge in [-0.3, -0.25) is 9.11 Å². The molecule has 3 aromatic rings. The molecule has 3 fully saturated rings. The van der Waals surface area contributed by atoms with E-state index in [4.69, 9.17) is 20.8 Å². The van der Waals surface area contributed by atoms with E-state index in [2.05, 4.69) is 30.8 Å². The molecule has 6 heterocycles. The second-order valence-corrected chi connectivity index (χ2v) is 12.5. The molecule has 3 aliphatic heterocycles. The van der Waals surface area contributed by atoms with Gasteiger partial charge in [0.1, 0.15) is 5.52 Å². The van der Waals surface area contributed by atoms with Crippen LogP contribution in [0.25, 0.3) is 22.2 Å². The van der Waals surface area contributed by atoms with Gasteiger partial charge >= 0.3 is 0 Å². The van der Waals surface area contributed by atoms with Crippen LogP contribution < -0.4 is 4.90 Å². The maximum atomic E-state index is 12.6. The number of halogens is 1. The summed E-state index contributed by atoms with van der Waals surface area (Å²) < 4.78 is 24.1. The Morgan fingerprint density at radius 1 is 1.30 bits per heavy atom. The summed E-state index contributed by atoms with van der Waals surface area (Å²) in [5, 5.41) is 1.41. The predicted octanol–water partition coefficient (Wildman–Crippen LogP) is 1.86. The Hall–Kier alpha value is -1.81. The number of pyridine rings is 1. The van der Waals surface area contributed by atoms with Crippen molar-refractivity contribution in [2.75, 3.05) is 49.8 Å². The lowest BCUT2D eigenvalue weighted by Crippen LogP contribution is -2.42. The van der Waals surface area contributed by atoms with Gasteiger partial charge in [0.15, 0.2) is 11.4 Å². The van der Waals surface area contributed by atoms with E-state index in [-0.39, 0.29) is 5.28 Å². The first kappa shape index (κ1) is 18.9. The molecule has 0 aliphatic carbocycles. The Labute approximate surface area is 180 Å². The molecule has 10 heteroatoms. The van der Waals surface area contributed by atoms with Gasteiger partial charge in [0, 0.05) is 49.4 Å². The van der Waals surface area contributed by atoms with Crippen LogP contribution in [-0.2, 0) is 21.2 Å². The van der Waals surface area contributed by atoms with Crippen molar-refractivity contribution >= 4 is 49.6 Å². The first-order chi connectivity index (χ1) is 14.5. The van der Waals surface area contributed by atoms with Gasteiger partial charge in [0.05, 0.1) is 18.6 Å². The number of furan rings is 1. The van der Waals surface area contributed by atoms with E-state index in [1.165, 1.54) is 0 Å². The van der Waals surface area contributed by atoms with E-state index in [0.29, 0.717) is 47.1 Å². The van der Waals surface area contributed by atoms with Crippen LogP contribution in [-0.4, -0.2) is 80.2 Å². The van der Waals surface area contributed by atoms with Gasteiger partial charge in [-0.15, -0.1) is 9.93 Å². The fourth-order valence-electron chi connectivity index (χ4n) is 5.15. The average molecular weight is 450 g/mol. The topological polar surface area (TPSA) is 84.6 Å². The molecule has 8 nitrogen and oxygen atoms in total. The van der Waals surface area contributed by atoms with Crippen LogP contribution in [0.15, 0.2) is 16.7 Å². The second kappa shape index (κ2) is 6.85. The Bertz CT molecular complexity index is 1190. The largest absolute Gasteiger partial charge is 0.432 e. The first-order valence-corrected chi connectivity index (χ1v) is 13.1. The van der Waals surface area contributed by atoms with Gasteiger partial charge < -0.3 is 14.1 Å². The highest BCUT2D eigenvalue weighted by Crippen LogP contribution is 2.38. The molecule has 3 saturated heterocycles. The van der Waals surface area contributed by atoms with Gasteiger partial charge in [0.2, 0.25) is 11.0 Å². The molecule has 0 radical (unpaired) electrons. The quantitative estimate of drug-likeness (QED) is 0.479. The molecule has 2 bridgehead atoms. The lowest BCUT2D eigenvalue weighted by atomic mass is 10.2. The van der Waals surface area contributed by atoms with Crippen LogP contribution in [0.4, 0.5) is 5.82 Å². The van der Waals surface area contributed by atoms with Crippen molar-refractivity contribution in [3.8, 4) is 0 Å². The van der Waals surface area contributed by atoms with Crippen molar-refractivity contribution in [2.45, 2.75) is 24.3 Å². The fourth-order valence-corrected chi connectivity index (χ4v) is 8.07. The summed E-state index contributed by atoms with van der Waals surface area (Å²) in [4.78, 5) is 18.0. The third-order valence-corrected chi connectivity index (χ3v) is 9.96. The predicted molar refractivity (Wildman–Crippen MR) is 118 cm³/mol. The normalized spacial score (nSPS) is 27.3. The molecule has 160 valence electrons. The monoisotopic (exact) mass is 449 g/mol. The number of nitrogens with zero attached hydrogens (tertiary/aromatic N) is 5. The maximum Gasteiger partial charge on any atom is 0.229 e. The van der Waals surface area contributed by atoms with E-state index in [1.54, 1.807) is 0 Å². The van der Waals surface area contributed by atoms with Crippen LogP contribution in [0.1, 0.15) is 12.0 Å². The summed E-state index contributed by atoms with van der Waals surface area (Å²) in [5.74, 6) is 1.54. The zero-order valence-electron chi connectivity index (χ0n) is 16.8. The van der Waals surface area contributed by atoms with E-state index in [0.717, 1.165) is 49.3 Å². The maximum absolute atomic E-state index is 12.6. The molecular weight excluding hydrogens is 426 g/mol. The molecule has 0 aromatic carbocycles. The van der Waals surface area contributed by atoms with Gasteiger partial charge in [-0.25, -0.2) is 9.97 Å². The minimum atomic E-state index is -1.95. The number of fused-ring (bicyclic) bond motifs is 5. The minimum absolute atomic E-state index is 0.202. The molecule has 3 aliphatic rings. The highest BCUT2D eigenvalue weighted by Gasteiger charge is 2.45. The number of thiol groups is 1. The summed E-state index contributed by atoms with van der Waals surface area (Å²) >= 11 is 6.27. The summed E-state index contributed by atoms with van der Waals surface area (Å²) in [6.07, 6.45) is 4.89. The van der Waals surface area contributed by atoms with Crippen LogP contribution in [0.5, 0.6) is 0 Å². The average Bonchev–Trinajstić information content (AvgIpc) is 3.38. The Morgan fingerprint density at radius 3 is 2.87 bits per heavy atom. The third kappa shape index (κ3) is 3.02. The number of anilines is 1. The van der Waals surface area contributed by atoms with Gasteiger partial charge in [-0.2, -0.15) is 4.98 Å². The van der Waals surface area contributed by atoms with Crippen LogP contribution >= 0.6 is 11.6 Å². The smallest absolute Gasteiger partial charge is 0.229 e. The zero-order valence-corrected chi connectivity index (χ0v) is 18.4. The zero-order chi connectivity index (χ0) is 20.5. The van der Waals surface area contributed by atoms with Crippen molar-refractivity contribution in [1.29, 1.82) is 0 Å². The molecule has 6 rings (SSSR count). The van der Waals surface area contributed by atoms with Crippen LogP contribution in [0, 0.1) is 0 Å². The number of aromatic nitrogens is 3. The summed E-state index contributed by atoms with van der Waals surface area (Å²) in [5.41, 5.74) is 2.96. The number of ether oxygens (including phenoxy) is 1. The highest BCUT2D eigenvalue weighted by atomic mass is 35.5. The van der Waals surface area contributed by atoms with Crippen molar-refractivity contribution < 1.29 is 13.4 Å². The number of likely N-dealkylation sites (tertiary alicyclic amines) is 1. The molecule has 2 atom stereocenters. The molecule has 0 N–H and O–H groups in total. The van der Waals surface area contributed by atoms with Gasteiger partial charge in [0.25, 0.3) is 0 Å². The lowest BCUT2D eigenvalue weighted by molar-refractivity contribution is 0.122. The highest BCUT2D eigenvalue weighted by molar-refractivity contribution is 8.03. The fraction of sp³-hybridized carbons (Fsp3) is 0.550. The van der Waals surface area contributed by atoms with E-state index >= 15 is 0 Å². The minimum Gasteiger partial charge on any atom is -0.432 e. The number of hydrogen-bond acceptors (Lipinski definition) is 8. The molecule has 0 saturated carbocycles. The molecular formula is C20H24ClN5O3S. The van der Waals surface area contributed by atoms with Crippen molar-refractivity contribution in [2.24, 2.45) is 0 Å². The van der Waals surface area contributed by atoms with Crippen LogP contribution in [0.2, 0.25) is 5.28 Å². The second-order valence-electron chi connectivity index (χ2n) is 8.72. The lowest BCUT2D eigenvalue weighted by Gasteiger charge is -2.32. The summed E-state index contributed by atoms with van der Waals surface area (Å²) in [6, 6.07) is 2.52. The third-order valence-electron chi connectivity index (χ3n) is 6.73. The molecule has 0 amide bonds. The molecule has 30 heavy (non-hydrogen) atoms. The van der Waals surface area contributed by atoms with E-state index in [9.17, 15) is 4.21 Å². The number of morpholine rings is 1. The summed E-state index contributed by atoms with van der Waals surface area (Å²) in [6.45, 7) is 4.47. The number of hydrogen-bond donors (Lipinski definition) is 1. The van der Waals surface area contributed by atoms with Crippen molar-refractivity contribution in [3.05, 3.63) is 23.1 Å². The van der Waals surface area contributed by atoms with Gasteiger partial charge in [-0.1, -0.05) is 0 Å². The Balaban J connectivity index is 1.36. The van der Waals surface area contributed by atoms with E-state index < -0.39 is 9.93 Å². The van der Waals surface area contributed by atoms with E-state index in [1.807, 2.05) is 12.5 Å². The molecule has 0 unspecified atom stereocenters. The molecule has 0 spiro atoms.